The van der Waals surface area contributed by atoms with Gasteiger partial charge in [-0.1, -0.05) is 0 Å². The first kappa shape index (κ1) is 16.0. The minimum atomic E-state index is -0.380. The van der Waals surface area contributed by atoms with Gasteiger partial charge in [0.15, 0.2) is 0 Å². The normalized spacial score (nSPS) is 19.0. The molecule has 2 N–H and O–H groups in total. The lowest BCUT2D eigenvalue weighted by atomic mass is 10.1. The molecular formula is C17H18N4O3S. The highest BCUT2D eigenvalue weighted by molar-refractivity contribution is 7.99. The van der Waals surface area contributed by atoms with E-state index in [1.54, 1.807) is 16.7 Å². The van der Waals surface area contributed by atoms with Crippen LogP contribution in [0.5, 0.6) is 0 Å². The Bertz CT molecular complexity index is 835. The Hall–Kier alpha value is -2.48. The molecule has 1 fully saturated rings. The fraction of sp³-hybridized carbons (Fsp3) is 0.353. The Labute approximate surface area is 149 Å². The van der Waals surface area contributed by atoms with Crippen LogP contribution in [0.25, 0.3) is 11.3 Å². The number of cyclic esters (lactones) is 1. The minimum Gasteiger partial charge on any atom is -0.442 e. The molecule has 0 radical (unpaired) electrons. The molecule has 130 valence electrons. The SMILES string of the molecule is CC(=O)NCC1CN(c2ccc3c(c2)SCCc2c[nH]nc2-3)C(=O)O1. The van der Waals surface area contributed by atoms with Crippen molar-refractivity contribution in [1.82, 2.24) is 15.5 Å². The highest BCUT2D eigenvalue weighted by Gasteiger charge is 2.33. The molecular weight excluding hydrogens is 340 g/mol. The van der Waals surface area contributed by atoms with E-state index >= 15 is 0 Å². The number of ether oxygens (including phenoxy) is 1. The summed E-state index contributed by atoms with van der Waals surface area (Å²) in [6, 6.07) is 5.95. The molecule has 1 unspecified atom stereocenters. The average Bonchev–Trinajstić information content (AvgIpc) is 3.15. The average molecular weight is 358 g/mol. The van der Waals surface area contributed by atoms with Crippen LogP contribution in [0.1, 0.15) is 12.5 Å². The van der Waals surface area contributed by atoms with E-state index in [9.17, 15) is 9.59 Å². The third kappa shape index (κ3) is 3.09. The first-order valence-corrected chi connectivity index (χ1v) is 9.13. The van der Waals surface area contributed by atoms with Crippen LogP contribution < -0.4 is 10.2 Å². The number of hydrogen-bond donors (Lipinski definition) is 2. The number of aromatic nitrogens is 2. The molecule has 2 aliphatic heterocycles. The van der Waals surface area contributed by atoms with E-state index in [-0.39, 0.29) is 18.1 Å². The Kier molecular flexibility index (Phi) is 4.12. The van der Waals surface area contributed by atoms with Crippen molar-refractivity contribution in [2.45, 2.75) is 24.3 Å². The van der Waals surface area contributed by atoms with Crippen molar-refractivity contribution in [2.24, 2.45) is 0 Å². The summed E-state index contributed by atoms with van der Waals surface area (Å²) in [5, 5.41) is 9.99. The predicted octanol–water partition coefficient (Wildman–Crippen LogP) is 2.19. The van der Waals surface area contributed by atoms with Gasteiger partial charge in [-0.05, 0) is 30.2 Å². The van der Waals surface area contributed by atoms with Gasteiger partial charge in [0.05, 0.1) is 18.8 Å². The number of carbonyl (C=O) groups excluding carboxylic acids is 2. The molecule has 0 saturated carbocycles. The number of anilines is 1. The summed E-state index contributed by atoms with van der Waals surface area (Å²) in [6.45, 7) is 2.20. The lowest BCUT2D eigenvalue weighted by molar-refractivity contribution is -0.119. The van der Waals surface area contributed by atoms with Gasteiger partial charge in [-0.15, -0.1) is 11.8 Å². The number of fused-ring (bicyclic) bond motifs is 3. The topological polar surface area (TPSA) is 87.3 Å². The molecule has 8 heteroatoms. The van der Waals surface area contributed by atoms with Crippen LogP contribution in [0.15, 0.2) is 29.3 Å². The minimum absolute atomic E-state index is 0.134. The largest absolute Gasteiger partial charge is 0.442 e. The molecule has 2 amide bonds. The fourth-order valence-corrected chi connectivity index (χ4v) is 4.17. The monoisotopic (exact) mass is 358 g/mol. The van der Waals surface area contributed by atoms with Gasteiger partial charge in [0.25, 0.3) is 0 Å². The van der Waals surface area contributed by atoms with Gasteiger partial charge < -0.3 is 10.1 Å². The number of H-pyrrole nitrogens is 1. The summed E-state index contributed by atoms with van der Waals surface area (Å²) in [4.78, 5) is 25.9. The standard InChI is InChI=1S/C17H18N4O3S/c1-10(22)18-8-13-9-21(17(23)24-13)12-2-3-14-15(6-12)25-5-4-11-7-19-20-16(11)14/h2-3,6-7,13H,4-5,8-9H2,1H3,(H,18,22)(H,19,20). The highest BCUT2D eigenvalue weighted by atomic mass is 32.2. The molecule has 0 aliphatic carbocycles. The zero-order valence-corrected chi connectivity index (χ0v) is 14.6. The second-order valence-electron chi connectivity index (χ2n) is 6.09. The molecule has 1 saturated heterocycles. The van der Waals surface area contributed by atoms with E-state index in [0.717, 1.165) is 34.0 Å². The Morgan fingerprint density at radius 1 is 1.52 bits per heavy atom. The first-order chi connectivity index (χ1) is 12.1. The molecule has 2 aromatic rings. The molecule has 1 aromatic heterocycles. The zero-order valence-electron chi connectivity index (χ0n) is 13.7. The van der Waals surface area contributed by atoms with Crippen LogP contribution >= 0.6 is 11.8 Å². The molecule has 2 aliphatic rings. The van der Waals surface area contributed by atoms with Gasteiger partial charge in [0.2, 0.25) is 5.91 Å². The number of amides is 2. The van der Waals surface area contributed by atoms with Gasteiger partial charge in [-0.2, -0.15) is 5.10 Å². The second kappa shape index (κ2) is 6.44. The summed E-state index contributed by atoms with van der Waals surface area (Å²) < 4.78 is 5.34. The fourth-order valence-electron chi connectivity index (χ4n) is 3.10. The van der Waals surface area contributed by atoms with E-state index < -0.39 is 0 Å². The van der Waals surface area contributed by atoms with Crippen LogP contribution in [-0.2, 0) is 16.0 Å². The third-order valence-electron chi connectivity index (χ3n) is 4.33. The quantitative estimate of drug-likeness (QED) is 0.878. The smallest absolute Gasteiger partial charge is 0.414 e. The van der Waals surface area contributed by atoms with Gasteiger partial charge in [-0.25, -0.2) is 4.79 Å². The van der Waals surface area contributed by atoms with Crippen LogP contribution in [0.3, 0.4) is 0 Å². The van der Waals surface area contributed by atoms with Gasteiger partial charge in [-0.3, -0.25) is 14.8 Å². The number of nitrogens with one attached hydrogen (secondary N) is 2. The van der Waals surface area contributed by atoms with Gasteiger partial charge in [0, 0.05) is 35.0 Å². The molecule has 0 bridgehead atoms. The van der Waals surface area contributed by atoms with Crippen molar-refractivity contribution in [3.63, 3.8) is 0 Å². The zero-order chi connectivity index (χ0) is 17.4. The molecule has 25 heavy (non-hydrogen) atoms. The highest BCUT2D eigenvalue weighted by Crippen LogP contribution is 2.39. The molecule has 3 heterocycles. The number of nitrogens with zero attached hydrogens (tertiary/aromatic N) is 2. The number of aromatic amines is 1. The maximum absolute atomic E-state index is 12.2. The summed E-state index contributed by atoms with van der Waals surface area (Å²) in [7, 11) is 0. The maximum Gasteiger partial charge on any atom is 0.414 e. The predicted molar refractivity (Wildman–Crippen MR) is 94.8 cm³/mol. The Balaban J connectivity index is 1.58. The van der Waals surface area contributed by atoms with Crippen molar-refractivity contribution in [1.29, 1.82) is 0 Å². The van der Waals surface area contributed by atoms with Crippen LogP contribution in [0.2, 0.25) is 0 Å². The lowest BCUT2D eigenvalue weighted by Crippen LogP contribution is -2.33. The molecule has 7 nitrogen and oxygen atoms in total. The first-order valence-electron chi connectivity index (χ1n) is 8.14. The van der Waals surface area contributed by atoms with Crippen LogP contribution in [0, 0.1) is 0 Å². The summed E-state index contributed by atoms with van der Waals surface area (Å²) in [5.41, 5.74) is 4.10. The van der Waals surface area contributed by atoms with Gasteiger partial charge >= 0.3 is 6.09 Å². The molecule has 1 atom stereocenters. The number of carbonyl (C=O) groups is 2. The molecule has 1 aromatic carbocycles. The Morgan fingerprint density at radius 2 is 2.40 bits per heavy atom. The maximum atomic E-state index is 12.2. The number of hydrogen-bond acceptors (Lipinski definition) is 5. The van der Waals surface area contributed by atoms with E-state index in [4.69, 9.17) is 4.74 Å². The molecule has 4 rings (SSSR count). The Morgan fingerprint density at radius 3 is 3.24 bits per heavy atom. The van der Waals surface area contributed by atoms with Crippen LogP contribution in [-0.4, -0.2) is 47.1 Å². The van der Waals surface area contributed by atoms with Crippen molar-refractivity contribution in [3.05, 3.63) is 30.0 Å². The number of aryl methyl sites for hydroxylation is 1. The summed E-state index contributed by atoms with van der Waals surface area (Å²) >= 11 is 1.77. The number of rotatable bonds is 3. The lowest BCUT2D eigenvalue weighted by Gasteiger charge is -2.15. The van der Waals surface area contributed by atoms with E-state index in [2.05, 4.69) is 15.5 Å². The third-order valence-corrected chi connectivity index (χ3v) is 5.39. The van der Waals surface area contributed by atoms with Crippen LogP contribution in [0.4, 0.5) is 10.5 Å². The van der Waals surface area contributed by atoms with E-state index in [0.29, 0.717) is 13.1 Å². The van der Waals surface area contributed by atoms with E-state index in [1.165, 1.54) is 12.5 Å². The second-order valence-corrected chi connectivity index (χ2v) is 7.23. The number of thioether (sulfide) groups is 1. The van der Waals surface area contributed by atoms with Crippen molar-refractivity contribution in [3.8, 4) is 11.3 Å². The summed E-state index contributed by atoms with van der Waals surface area (Å²) in [6.07, 6.45) is 2.20. The van der Waals surface area contributed by atoms with Gasteiger partial charge in [0.1, 0.15) is 6.10 Å². The van der Waals surface area contributed by atoms with Crippen molar-refractivity contribution in [2.75, 3.05) is 23.7 Å². The number of benzene rings is 1. The van der Waals surface area contributed by atoms with Crippen molar-refractivity contribution < 1.29 is 14.3 Å². The van der Waals surface area contributed by atoms with Crippen molar-refractivity contribution >= 4 is 29.4 Å². The van der Waals surface area contributed by atoms with E-state index in [1.807, 2.05) is 24.4 Å². The summed E-state index contributed by atoms with van der Waals surface area (Å²) in [5.74, 6) is 0.837. The molecule has 0 spiro atoms.